The maximum atomic E-state index is 11.3. The van der Waals surface area contributed by atoms with Crippen molar-refractivity contribution in [1.29, 1.82) is 0 Å². The molecule has 1 aromatic heterocycles. The van der Waals surface area contributed by atoms with Gasteiger partial charge in [0.05, 0.1) is 11.8 Å². The number of hydrogen-bond acceptors (Lipinski definition) is 4. The standard InChI is InChI=1S/C11H10N2OS2/c14-10-5-11-13(10)6-9(7-15-11)16-8-1-3-12-4-2-8/h1-4,6,11H,5,7H2/t11-/m1/s1. The van der Waals surface area contributed by atoms with E-state index in [4.69, 9.17) is 0 Å². The predicted octanol–water partition coefficient (Wildman–Crippen LogP) is 2.32. The number of carbonyl (C=O) groups excluding carboxylic acids is 1. The monoisotopic (exact) mass is 250 g/mol. The SMILES string of the molecule is O=C1C[C@H]2SCC(Sc3ccncc3)=CN12. The van der Waals surface area contributed by atoms with E-state index in [1.807, 2.05) is 35.0 Å². The molecule has 0 bridgehead atoms. The number of pyridine rings is 1. The van der Waals surface area contributed by atoms with Crippen LogP contribution < -0.4 is 0 Å². The number of β-lactam (4-membered cyclic amide) rings is 1. The van der Waals surface area contributed by atoms with Crippen molar-refractivity contribution < 1.29 is 4.79 Å². The fourth-order valence-corrected chi connectivity index (χ4v) is 3.88. The minimum absolute atomic E-state index is 0.241. The third-order valence-corrected chi connectivity index (χ3v) is 5.01. The molecule has 0 saturated carbocycles. The molecule has 1 aromatic rings. The summed E-state index contributed by atoms with van der Waals surface area (Å²) in [6, 6.07) is 3.97. The summed E-state index contributed by atoms with van der Waals surface area (Å²) in [6.45, 7) is 0. The maximum absolute atomic E-state index is 11.3. The Bertz CT molecular complexity index is 447. The van der Waals surface area contributed by atoms with E-state index in [0.29, 0.717) is 11.8 Å². The lowest BCUT2D eigenvalue weighted by atomic mass is 10.2. The molecule has 5 heteroatoms. The molecule has 3 rings (SSSR count). The number of amides is 1. The number of aromatic nitrogens is 1. The Kier molecular flexibility index (Phi) is 2.65. The van der Waals surface area contributed by atoms with E-state index in [-0.39, 0.29) is 5.91 Å². The van der Waals surface area contributed by atoms with E-state index in [2.05, 4.69) is 4.98 Å². The second-order valence-electron chi connectivity index (χ2n) is 3.65. The van der Waals surface area contributed by atoms with Gasteiger partial charge in [-0.05, 0) is 12.1 Å². The molecular formula is C11H10N2OS2. The molecule has 0 spiro atoms. The second kappa shape index (κ2) is 4.14. The van der Waals surface area contributed by atoms with E-state index in [1.54, 1.807) is 24.2 Å². The van der Waals surface area contributed by atoms with Gasteiger partial charge < -0.3 is 4.90 Å². The molecule has 2 aliphatic rings. The first-order chi connectivity index (χ1) is 7.83. The molecule has 2 aliphatic heterocycles. The van der Waals surface area contributed by atoms with Gasteiger partial charge in [-0.2, -0.15) is 0 Å². The lowest BCUT2D eigenvalue weighted by molar-refractivity contribution is -0.137. The molecule has 0 aliphatic carbocycles. The molecular weight excluding hydrogens is 240 g/mol. The van der Waals surface area contributed by atoms with Crippen LogP contribution in [0.3, 0.4) is 0 Å². The minimum atomic E-state index is 0.241. The normalized spacial score (nSPS) is 23.5. The van der Waals surface area contributed by atoms with Crippen LogP contribution in [0.4, 0.5) is 0 Å². The number of carbonyl (C=O) groups is 1. The first-order valence-electron chi connectivity index (χ1n) is 5.04. The number of fused-ring (bicyclic) bond motifs is 1. The molecule has 3 nitrogen and oxygen atoms in total. The van der Waals surface area contributed by atoms with Crippen molar-refractivity contribution in [1.82, 2.24) is 9.88 Å². The highest BCUT2D eigenvalue weighted by Gasteiger charge is 2.37. The Morgan fingerprint density at radius 2 is 2.25 bits per heavy atom. The third-order valence-electron chi connectivity index (χ3n) is 2.55. The van der Waals surface area contributed by atoms with Crippen LogP contribution in [0.15, 0.2) is 40.5 Å². The van der Waals surface area contributed by atoms with E-state index < -0.39 is 0 Å². The van der Waals surface area contributed by atoms with Crippen LogP contribution in [0.1, 0.15) is 6.42 Å². The summed E-state index contributed by atoms with van der Waals surface area (Å²) in [7, 11) is 0. The highest BCUT2D eigenvalue weighted by Crippen LogP contribution is 2.40. The maximum Gasteiger partial charge on any atom is 0.230 e. The van der Waals surface area contributed by atoms with Gasteiger partial charge in [-0.25, -0.2) is 0 Å². The van der Waals surface area contributed by atoms with Gasteiger partial charge in [-0.3, -0.25) is 9.78 Å². The molecule has 0 unspecified atom stereocenters. The number of hydrogen-bond donors (Lipinski definition) is 0. The van der Waals surface area contributed by atoms with Gasteiger partial charge in [0.1, 0.15) is 0 Å². The van der Waals surface area contributed by atoms with Crippen molar-refractivity contribution in [2.45, 2.75) is 16.7 Å². The Hall–Kier alpha value is -0.940. The van der Waals surface area contributed by atoms with Gasteiger partial charge in [0, 0.05) is 34.1 Å². The van der Waals surface area contributed by atoms with Crippen molar-refractivity contribution in [3.63, 3.8) is 0 Å². The number of nitrogens with zero attached hydrogens (tertiary/aromatic N) is 2. The average molecular weight is 250 g/mol. The van der Waals surface area contributed by atoms with E-state index in [9.17, 15) is 4.79 Å². The molecule has 1 saturated heterocycles. The second-order valence-corrected chi connectivity index (χ2v) is 6.02. The first kappa shape index (κ1) is 10.2. The summed E-state index contributed by atoms with van der Waals surface area (Å²) < 4.78 is 0. The molecule has 3 heterocycles. The highest BCUT2D eigenvalue weighted by molar-refractivity contribution is 8.06. The quantitative estimate of drug-likeness (QED) is 0.754. The topological polar surface area (TPSA) is 33.2 Å². The summed E-state index contributed by atoms with van der Waals surface area (Å²) in [5, 5.41) is 0.397. The van der Waals surface area contributed by atoms with Crippen LogP contribution in [-0.4, -0.2) is 26.9 Å². The van der Waals surface area contributed by atoms with Crippen molar-refractivity contribution in [3.05, 3.63) is 35.6 Å². The highest BCUT2D eigenvalue weighted by atomic mass is 32.2. The number of thioether (sulfide) groups is 2. The van der Waals surface area contributed by atoms with Crippen LogP contribution in [0.25, 0.3) is 0 Å². The molecule has 82 valence electrons. The van der Waals surface area contributed by atoms with Crippen LogP contribution >= 0.6 is 23.5 Å². The fraction of sp³-hybridized carbons (Fsp3) is 0.273. The lowest BCUT2D eigenvalue weighted by Crippen LogP contribution is -2.48. The van der Waals surface area contributed by atoms with Gasteiger partial charge in [-0.15, -0.1) is 11.8 Å². The average Bonchev–Trinajstić information content (AvgIpc) is 2.31. The molecule has 0 N–H and O–H groups in total. The zero-order chi connectivity index (χ0) is 11.0. The Labute approximate surface area is 102 Å². The fourth-order valence-electron chi connectivity index (χ4n) is 1.68. The smallest absolute Gasteiger partial charge is 0.230 e. The summed E-state index contributed by atoms with van der Waals surface area (Å²) in [4.78, 5) is 19.6. The predicted molar refractivity (Wildman–Crippen MR) is 65.9 cm³/mol. The molecule has 1 amide bonds. The van der Waals surface area contributed by atoms with Gasteiger partial charge in [0.2, 0.25) is 5.91 Å². The van der Waals surface area contributed by atoms with Crippen LogP contribution in [0.5, 0.6) is 0 Å². The molecule has 0 aromatic carbocycles. The van der Waals surface area contributed by atoms with E-state index in [1.165, 1.54) is 9.80 Å². The van der Waals surface area contributed by atoms with E-state index >= 15 is 0 Å². The largest absolute Gasteiger partial charge is 0.305 e. The summed E-state index contributed by atoms with van der Waals surface area (Å²) >= 11 is 3.56. The van der Waals surface area contributed by atoms with Crippen LogP contribution in [-0.2, 0) is 4.79 Å². The molecule has 1 atom stereocenters. The Morgan fingerprint density at radius 1 is 1.44 bits per heavy atom. The van der Waals surface area contributed by atoms with Crippen LogP contribution in [0.2, 0.25) is 0 Å². The van der Waals surface area contributed by atoms with Crippen molar-refractivity contribution in [2.24, 2.45) is 0 Å². The Balaban J connectivity index is 1.74. The summed E-state index contributed by atoms with van der Waals surface area (Å²) in [6.07, 6.45) is 6.28. The van der Waals surface area contributed by atoms with E-state index in [0.717, 1.165) is 5.75 Å². The summed E-state index contributed by atoms with van der Waals surface area (Å²) in [5.41, 5.74) is 0. The zero-order valence-corrected chi connectivity index (χ0v) is 10.1. The van der Waals surface area contributed by atoms with Crippen LogP contribution in [0, 0.1) is 0 Å². The Morgan fingerprint density at radius 3 is 3.00 bits per heavy atom. The summed E-state index contributed by atoms with van der Waals surface area (Å²) in [5.74, 6) is 1.24. The van der Waals surface area contributed by atoms with Crippen molar-refractivity contribution in [3.8, 4) is 0 Å². The van der Waals surface area contributed by atoms with Crippen molar-refractivity contribution in [2.75, 3.05) is 5.75 Å². The van der Waals surface area contributed by atoms with Gasteiger partial charge in [0.25, 0.3) is 0 Å². The lowest BCUT2D eigenvalue weighted by Gasteiger charge is -2.40. The van der Waals surface area contributed by atoms with Gasteiger partial charge >= 0.3 is 0 Å². The number of rotatable bonds is 2. The first-order valence-corrected chi connectivity index (χ1v) is 6.91. The molecule has 0 radical (unpaired) electrons. The molecule has 1 fully saturated rings. The minimum Gasteiger partial charge on any atom is -0.305 e. The molecule has 16 heavy (non-hydrogen) atoms. The van der Waals surface area contributed by atoms with Gasteiger partial charge in [-0.1, -0.05) is 11.8 Å². The third kappa shape index (κ3) is 1.85. The van der Waals surface area contributed by atoms with Crippen molar-refractivity contribution >= 4 is 29.4 Å². The van der Waals surface area contributed by atoms with Gasteiger partial charge in [0.15, 0.2) is 0 Å². The zero-order valence-electron chi connectivity index (χ0n) is 8.50.